The molecule has 2 aromatic rings. The van der Waals surface area contributed by atoms with Gasteiger partial charge in [0, 0.05) is 50.9 Å². The number of piperidine rings is 1. The first kappa shape index (κ1) is 24.5. The van der Waals surface area contributed by atoms with Crippen molar-refractivity contribution in [2.75, 3.05) is 45.9 Å². The molecule has 34 heavy (non-hydrogen) atoms. The number of carbonyl (C=O) groups is 3. The van der Waals surface area contributed by atoms with E-state index in [0.717, 1.165) is 24.2 Å². The molecule has 0 radical (unpaired) electrons. The van der Waals surface area contributed by atoms with E-state index in [-0.39, 0.29) is 23.8 Å². The van der Waals surface area contributed by atoms with Crippen LogP contribution in [0.2, 0.25) is 4.34 Å². The van der Waals surface area contributed by atoms with E-state index in [1.807, 2.05) is 24.0 Å². The van der Waals surface area contributed by atoms with Crippen LogP contribution in [0.1, 0.15) is 57.1 Å². The number of pyridine rings is 1. The van der Waals surface area contributed by atoms with Crippen LogP contribution in [0.15, 0.2) is 24.3 Å². The van der Waals surface area contributed by atoms with E-state index in [9.17, 15) is 14.4 Å². The molecule has 182 valence electrons. The lowest BCUT2D eigenvalue weighted by Gasteiger charge is -2.35. The maximum atomic E-state index is 13.4. The molecule has 8 nitrogen and oxygen atoms in total. The molecule has 0 N–H and O–H groups in total. The van der Waals surface area contributed by atoms with Gasteiger partial charge < -0.3 is 19.4 Å². The maximum absolute atomic E-state index is 13.4. The third kappa shape index (κ3) is 5.36. The van der Waals surface area contributed by atoms with Crippen LogP contribution in [0.5, 0.6) is 0 Å². The first-order valence-electron chi connectivity index (χ1n) is 11.6. The summed E-state index contributed by atoms with van der Waals surface area (Å²) in [6.45, 7) is 7.08. The molecule has 3 amide bonds. The smallest absolute Gasteiger partial charge is 0.409 e. The quantitative estimate of drug-likeness (QED) is 0.627. The molecule has 0 aromatic carbocycles. The number of ether oxygens (including phenoxy) is 1. The Morgan fingerprint density at radius 3 is 2.24 bits per heavy atom. The largest absolute Gasteiger partial charge is 0.450 e. The topological polar surface area (TPSA) is 83.1 Å². The number of thiophene rings is 1. The fraction of sp³-hybridized carbons (Fsp3) is 0.500. The molecule has 2 aliphatic rings. The number of likely N-dealkylation sites (tertiary alicyclic amines) is 1. The highest BCUT2D eigenvalue weighted by molar-refractivity contribution is 7.17. The summed E-state index contributed by atoms with van der Waals surface area (Å²) in [5.74, 6) is 0.0525. The van der Waals surface area contributed by atoms with Crippen LogP contribution in [-0.4, -0.2) is 83.5 Å². The number of rotatable bonds is 4. The minimum atomic E-state index is -0.335. The van der Waals surface area contributed by atoms with E-state index in [2.05, 4.69) is 0 Å². The van der Waals surface area contributed by atoms with Crippen LogP contribution in [0, 0.1) is 6.92 Å². The van der Waals surface area contributed by atoms with Crippen LogP contribution >= 0.6 is 22.9 Å². The molecule has 4 rings (SSSR count). The Morgan fingerprint density at radius 1 is 0.971 bits per heavy atom. The average Bonchev–Trinajstić information content (AvgIpc) is 3.29. The molecule has 2 aliphatic heterocycles. The van der Waals surface area contributed by atoms with Gasteiger partial charge in [-0.05, 0) is 51.0 Å². The number of aromatic nitrogens is 1. The minimum absolute atomic E-state index is 0.00308. The van der Waals surface area contributed by atoms with Gasteiger partial charge in [-0.2, -0.15) is 0 Å². The lowest BCUT2D eigenvalue weighted by atomic mass is 9.89. The number of nitrogens with zero attached hydrogens (tertiary/aromatic N) is 4. The predicted molar refractivity (Wildman–Crippen MR) is 131 cm³/mol. The van der Waals surface area contributed by atoms with Crippen molar-refractivity contribution in [2.24, 2.45) is 0 Å². The summed E-state index contributed by atoms with van der Waals surface area (Å²) < 4.78 is 5.67. The monoisotopic (exact) mass is 504 g/mol. The summed E-state index contributed by atoms with van der Waals surface area (Å²) in [7, 11) is 0. The predicted octanol–water partition coefficient (Wildman–Crippen LogP) is 4.04. The average molecular weight is 505 g/mol. The van der Waals surface area contributed by atoms with Gasteiger partial charge >= 0.3 is 6.09 Å². The van der Waals surface area contributed by atoms with Gasteiger partial charge in [0.05, 0.1) is 27.1 Å². The number of carbonyl (C=O) groups excluding carboxylic acids is 3. The Balaban J connectivity index is 1.42. The molecule has 10 heteroatoms. The molecule has 0 unspecified atom stereocenters. The number of halogens is 1. The highest BCUT2D eigenvalue weighted by Gasteiger charge is 2.31. The zero-order valence-electron chi connectivity index (χ0n) is 19.5. The van der Waals surface area contributed by atoms with Crippen LogP contribution in [-0.2, 0) is 4.74 Å². The number of hydrogen-bond acceptors (Lipinski definition) is 6. The molecule has 0 aliphatic carbocycles. The SMILES string of the molecule is CCOC(=O)N1CCN(C(=O)c2ccc(C)nc2C2CCN(C(=O)c3ccc(Cl)s3)CC2)CC1. The van der Waals surface area contributed by atoms with Crippen molar-refractivity contribution >= 4 is 40.8 Å². The number of amides is 3. The Labute approximate surface area is 208 Å². The van der Waals surface area contributed by atoms with Gasteiger partial charge in [-0.1, -0.05) is 11.6 Å². The number of hydrogen-bond donors (Lipinski definition) is 0. The molecule has 2 saturated heterocycles. The van der Waals surface area contributed by atoms with Crippen LogP contribution in [0.25, 0.3) is 0 Å². The number of aryl methyl sites for hydroxylation is 1. The fourth-order valence-corrected chi connectivity index (χ4v) is 5.50. The van der Waals surface area contributed by atoms with Crippen molar-refractivity contribution < 1.29 is 19.1 Å². The third-order valence-electron chi connectivity index (χ3n) is 6.34. The fourth-order valence-electron chi connectivity index (χ4n) is 4.49. The zero-order chi connectivity index (χ0) is 24.2. The first-order chi connectivity index (χ1) is 16.4. The first-order valence-corrected chi connectivity index (χ1v) is 12.8. The second-order valence-electron chi connectivity index (χ2n) is 8.53. The van der Waals surface area contributed by atoms with Gasteiger partial charge in [0.1, 0.15) is 0 Å². The molecule has 0 atom stereocenters. The van der Waals surface area contributed by atoms with E-state index in [4.69, 9.17) is 21.3 Å². The number of piperazine rings is 1. The van der Waals surface area contributed by atoms with Gasteiger partial charge in [0.2, 0.25) is 0 Å². The molecule has 4 heterocycles. The Bertz CT molecular complexity index is 1060. The van der Waals surface area contributed by atoms with Gasteiger partial charge in [0.25, 0.3) is 11.8 Å². The molecule has 2 fully saturated rings. The zero-order valence-corrected chi connectivity index (χ0v) is 21.0. The van der Waals surface area contributed by atoms with Crippen LogP contribution < -0.4 is 0 Å². The van der Waals surface area contributed by atoms with Crippen molar-refractivity contribution in [1.82, 2.24) is 19.7 Å². The van der Waals surface area contributed by atoms with Gasteiger partial charge in [0.15, 0.2) is 0 Å². The van der Waals surface area contributed by atoms with Crippen molar-refractivity contribution in [2.45, 2.75) is 32.6 Å². The molecular formula is C24H29ClN4O4S. The second-order valence-corrected chi connectivity index (χ2v) is 10.2. The lowest BCUT2D eigenvalue weighted by Crippen LogP contribution is -2.51. The van der Waals surface area contributed by atoms with Crippen molar-refractivity contribution in [3.63, 3.8) is 0 Å². The molecule has 0 saturated carbocycles. The van der Waals surface area contributed by atoms with Gasteiger partial charge in [-0.25, -0.2) is 4.79 Å². The van der Waals surface area contributed by atoms with Crippen LogP contribution in [0.4, 0.5) is 4.79 Å². The molecule has 0 bridgehead atoms. The van der Waals surface area contributed by atoms with Crippen molar-refractivity contribution in [1.29, 1.82) is 0 Å². The lowest BCUT2D eigenvalue weighted by molar-refractivity contribution is 0.0567. The van der Waals surface area contributed by atoms with Gasteiger partial charge in [-0.15, -0.1) is 11.3 Å². The standard InChI is InChI=1S/C24H29ClN4O4S/c1-3-33-24(32)29-14-12-28(13-15-29)22(30)18-5-4-16(2)26-21(18)17-8-10-27(11-9-17)23(31)19-6-7-20(25)34-19/h4-7,17H,3,8-15H2,1-2H3. The summed E-state index contributed by atoms with van der Waals surface area (Å²) in [5.41, 5.74) is 2.29. The second kappa shape index (κ2) is 10.7. The maximum Gasteiger partial charge on any atom is 0.409 e. The molecular weight excluding hydrogens is 476 g/mol. The van der Waals surface area contributed by atoms with E-state index in [1.54, 1.807) is 28.9 Å². The van der Waals surface area contributed by atoms with E-state index >= 15 is 0 Å². The molecule has 0 spiro atoms. The molecule has 2 aromatic heterocycles. The highest BCUT2D eigenvalue weighted by atomic mass is 35.5. The van der Waals surface area contributed by atoms with Crippen molar-refractivity contribution in [3.8, 4) is 0 Å². The Hall–Kier alpha value is -2.65. The highest BCUT2D eigenvalue weighted by Crippen LogP contribution is 2.32. The third-order valence-corrected chi connectivity index (χ3v) is 7.56. The normalized spacial score (nSPS) is 17.1. The summed E-state index contributed by atoms with van der Waals surface area (Å²) in [6.07, 6.45) is 1.16. The van der Waals surface area contributed by atoms with E-state index < -0.39 is 0 Å². The summed E-state index contributed by atoms with van der Waals surface area (Å²) in [6, 6.07) is 7.24. The minimum Gasteiger partial charge on any atom is -0.450 e. The summed E-state index contributed by atoms with van der Waals surface area (Å²) >= 11 is 7.28. The summed E-state index contributed by atoms with van der Waals surface area (Å²) in [5, 5.41) is 0. The Morgan fingerprint density at radius 2 is 1.62 bits per heavy atom. The van der Waals surface area contributed by atoms with Crippen LogP contribution in [0.3, 0.4) is 0 Å². The van der Waals surface area contributed by atoms with E-state index in [1.165, 1.54) is 11.3 Å². The van der Waals surface area contributed by atoms with Crippen molar-refractivity contribution in [3.05, 3.63) is 50.4 Å². The summed E-state index contributed by atoms with van der Waals surface area (Å²) in [4.78, 5) is 48.8. The van der Waals surface area contributed by atoms with Gasteiger partial charge in [-0.3, -0.25) is 14.6 Å². The Kier molecular flexibility index (Phi) is 7.73. The van der Waals surface area contributed by atoms with E-state index in [0.29, 0.717) is 60.7 Å².